The van der Waals surface area contributed by atoms with Crippen LogP contribution in [-0.4, -0.2) is 19.2 Å². The molecule has 0 amide bonds. The molecule has 0 aliphatic heterocycles. The Morgan fingerprint density at radius 2 is 1.91 bits per heavy atom. The van der Waals surface area contributed by atoms with Crippen LogP contribution in [0.25, 0.3) is 11.1 Å². The van der Waals surface area contributed by atoms with Crippen LogP contribution >= 0.6 is 0 Å². The van der Waals surface area contributed by atoms with E-state index >= 15 is 0 Å². The second-order valence-electron chi connectivity index (χ2n) is 4.79. The summed E-state index contributed by atoms with van der Waals surface area (Å²) in [6.07, 6.45) is 1.75. The maximum Gasteiger partial charge on any atom is 0.330 e. The monoisotopic (exact) mass is 307 g/mol. The third-order valence-corrected chi connectivity index (χ3v) is 3.15. The van der Waals surface area contributed by atoms with Gasteiger partial charge in [-0.1, -0.05) is 30.8 Å². The first-order chi connectivity index (χ1) is 11.2. The molecule has 4 nitrogen and oxygen atoms in total. The number of hydrogen-bond acceptors (Lipinski definition) is 4. The van der Waals surface area contributed by atoms with Crippen LogP contribution in [0.15, 0.2) is 61.2 Å². The van der Waals surface area contributed by atoms with Gasteiger partial charge in [0.2, 0.25) is 0 Å². The van der Waals surface area contributed by atoms with Gasteiger partial charge in [0.25, 0.3) is 0 Å². The summed E-state index contributed by atoms with van der Waals surface area (Å²) in [6.45, 7) is 4.10. The topological polar surface area (TPSA) is 59.3 Å². The van der Waals surface area contributed by atoms with Crippen LogP contribution in [0.1, 0.15) is 12.0 Å². The molecule has 0 saturated heterocycles. The molecule has 23 heavy (non-hydrogen) atoms. The molecule has 0 atom stereocenters. The van der Waals surface area contributed by atoms with E-state index in [-0.39, 0.29) is 0 Å². The van der Waals surface area contributed by atoms with Crippen molar-refractivity contribution >= 4 is 5.97 Å². The Bertz CT molecular complexity index is 714. The van der Waals surface area contributed by atoms with Crippen molar-refractivity contribution in [3.63, 3.8) is 0 Å². The van der Waals surface area contributed by atoms with Crippen molar-refractivity contribution in [1.82, 2.24) is 0 Å². The van der Waals surface area contributed by atoms with Crippen molar-refractivity contribution < 1.29 is 14.3 Å². The number of carbonyl (C=O) groups is 1. The molecule has 0 N–H and O–H groups in total. The molecule has 0 radical (unpaired) electrons. The standard InChI is InChI=1S/C19H17NO3/c1-2-19(21)23-12-4-11-22-18-6-3-5-17(13-18)16-9-7-15(14-20)8-10-16/h2-3,5-10,13H,1,4,11-12H2. The molecule has 0 saturated carbocycles. The van der Waals surface area contributed by atoms with Gasteiger partial charge in [0.05, 0.1) is 24.8 Å². The summed E-state index contributed by atoms with van der Waals surface area (Å²) >= 11 is 0. The van der Waals surface area contributed by atoms with Gasteiger partial charge >= 0.3 is 5.97 Å². The van der Waals surface area contributed by atoms with Gasteiger partial charge < -0.3 is 9.47 Å². The summed E-state index contributed by atoms with van der Waals surface area (Å²) in [5.74, 6) is 0.328. The second kappa shape index (κ2) is 8.40. The van der Waals surface area contributed by atoms with E-state index in [1.54, 1.807) is 12.1 Å². The zero-order chi connectivity index (χ0) is 16.5. The minimum atomic E-state index is -0.423. The van der Waals surface area contributed by atoms with E-state index in [0.717, 1.165) is 23.0 Å². The SMILES string of the molecule is C=CC(=O)OCCCOc1cccc(-c2ccc(C#N)cc2)c1. The summed E-state index contributed by atoms with van der Waals surface area (Å²) in [5, 5.41) is 8.83. The van der Waals surface area contributed by atoms with Crippen LogP contribution < -0.4 is 4.74 Å². The number of ether oxygens (including phenoxy) is 2. The lowest BCUT2D eigenvalue weighted by Gasteiger charge is -2.08. The van der Waals surface area contributed by atoms with E-state index in [9.17, 15) is 4.79 Å². The summed E-state index contributed by atoms with van der Waals surface area (Å²) < 4.78 is 10.5. The molecule has 0 heterocycles. The fourth-order valence-corrected chi connectivity index (χ4v) is 1.98. The predicted octanol–water partition coefficient (Wildman–Crippen LogP) is 3.72. The molecule has 0 fully saturated rings. The zero-order valence-corrected chi connectivity index (χ0v) is 12.7. The van der Waals surface area contributed by atoms with E-state index in [1.807, 2.05) is 36.4 Å². The molecule has 0 aliphatic rings. The molecule has 2 aromatic carbocycles. The highest BCUT2D eigenvalue weighted by atomic mass is 16.5. The lowest BCUT2D eigenvalue weighted by molar-refractivity contribution is -0.137. The lowest BCUT2D eigenvalue weighted by Crippen LogP contribution is -2.06. The molecule has 0 bridgehead atoms. The molecule has 116 valence electrons. The zero-order valence-electron chi connectivity index (χ0n) is 12.7. The Balaban J connectivity index is 1.90. The highest BCUT2D eigenvalue weighted by molar-refractivity contribution is 5.81. The van der Waals surface area contributed by atoms with E-state index in [2.05, 4.69) is 12.6 Å². The van der Waals surface area contributed by atoms with Gasteiger partial charge in [-0.2, -0.15) is 5.26 Å². The van der Waals surface area contributed by atoms with Gasteiger partial charge in [-0.05, 0) is 35.4 Å². The first kappa shape index (κ1) is 16.3. The summed E-state index contributed by atoms with van der Waals surface area (Å²) in [5.41, 5.74) is 2.68. The van der Waals surface area contributed by atoms with Crippen molar-refractivity contribution in [3.05, 3.63) is 66.7 Å². The smallest absolute Gasteiger partial charge is 0.330 e. The third kappa shape index (κ3) is 5.01. The quantitative estimate of drug-likeness (QED) is 0.444. The van der Waals surface area contributed by atoms with E-state index in [1.165, 1.54) is 0 Å². The molecule has 0 unspecified atom stereocenters. The van der Waals surface area contributed by atoms with Crippen molar-refractivity contribution in [2.45, 2.75) is 6.42 Å². The van der Waals surface area contributed by atoms with Crippen LogP contribution in [0.3, 0.4) is 0 Å². The summed E-state index contributed by atoms with van der Waals surface area (Å²) in [6, 6.07) is 17.2. The Morgan fingerprint density at radius 1 is 1.13 bits per heavy atom. The molecule has 0 aromatic heterocycles. The number of esters is 1. The largest absolute Gasteiger partial charge is 0.493 e. The first-order valence-electron chi connectivity index (χ1n) is 7.25. The predicted molar refractivity (Wildman–Crippen MR) is 87.9 cm³/mol. The number of rotatable bonds is 7. The van der Waals surface area contributed by atoms with Crippen molar-refractivity contribution in [3.8, 4) is 22.9 Å². The van der Waals surface area contributed by atoms with Crippen LogP contribution in [0, 0.1) is 11.3 Å². The van der Waals surface area contributed by atoms with E-state index in [4.69, 9.17) is 14.7 Å². The number of hydrogen-bond donors (Lipinski definition) is 0. The Labute approximate surface area is 135 Å². The number of nitriles is 1. The molecule has 4 heteroatoms. The van der Waals surface area contributed by atoms with Crippen molar-refractivity contribution in [2.24, 2.45) is 0 Å². The first-order valence-corrected chi connectivity index (χ1v) is 7.25. The molecule has 2 rings (SSSR count). The third-order valence-electron chi connectivity index (χ3n) is 3.15. The Morgan fingerprint density at radius 3 is 2.61 bits per heavy atom. The average molecular weight is 307 g/mol. The fourth-order valence-electron chi connectivity index (χ4n) is 1.98. The van der Waals surface area contributed by atoms with Gasteiger partial charge in [-0.25, -0.2) is 4.79 Å². The molecule has 2 aromatic rings. The van der Waals surface area contributed by atoms with Gasteiger partial charge in [0.15, 0.2) is 0 Å². The highest BCUT2D eigenvalue weighted by Gasteiger charge is 2.01. The number of nitrogens with zero attached hydrogens (tertiary/aromatic N) is 1. The van der Waals surface area contributed by atoms with Crippen LogP contribution in [0.2, 0.25) is 0 Å². The molecule has 0 aliphatic carbocycles. The Kier molecular flexibility index (Phi) is 5.96. The van der Waals surface area contributed by atoms with Crippen LogP contribution in [0.4, 0.5) is 0 Å². The minimum absolute atomic E-state index is 0.306. The van der Waals surface area contributed by atoms with Crippen molar-refractivity contribution in [2.75, 3.05) is 13.2 Å². The van der Waals surface area contributed by atoms with E-state index in [0.29, 0.717) is 25.2 Å². The fraction of sp³-hybridized carbons (Fsp3) is 0.158. The Hall–Kier alpha value is -3.06. The van der Waals surface area contributed by atoms with E-state index < -0.39 is 5.97 Å². The van der Waals surface area contributed by atoms with Gasteiger partial charge in [-0.15, -0.1) is 0 Å². The average Bonchev–Trinajstić information content (AvgIpc) is 2.61. The number of carbonyl (C=O) groups excluding carboxylic acids is 1. The lowest BCUT2D eigenvalue weighted by atomic mass is 10.0. The van der Waals surface area contributed by atoms with Gasteiger partial charge in [0, 0.05) is 12.5 Å². The van der Waals surface area contributed by atoms with Crippen molar-refractivity contribution in [1.29, 1.82) is 5.26 Å². The van der Waals surface area contributed by atoms with Gasteiger partial charge in [0.1, 0.15) is 5.75 Å². The molecule has 0 spiro atoms. The maximum absolute atomic E-state index is 10.9. The summed E-state index contributed by atoms with van der Waals surface area (Å²) in [4.78, 5) is 10.9. The van der Waals surface area contributed by atoms with Crippen LogP contribution in [-0.2, 0) is 9.53 Å². The normalized spacial score (nSPS) is 9.70. The second-order valence-corrected chi connectivity index (χ2v) is 4.79. The minimum Gasteiger partial charge on any atom is -0.493 e. The molecular formula is C19H17NO3. The number of benzene rings is 2. The summed E-state index contributed by atoms with van der Waals surface area (Å²) in [7, 11) is 0. The highest BCUT2D eigenvalue weighted by Crippen LogP contribution is 2.24. The maximum atomic E-state index is 10.9. The molecular weight excluding hydrogens is 290 g/mol. The van der Waals surface area contributed by atoms with Crippen LogP contribution in [0.5, 0.6) is 5.75 Å². The van der Waals surface area contributed by atoms with Gasteiger partial charge in [-0.3, -0.25) is 0 Å².